The molecule has 7 nitrogen and oxygen atoms in total. The van der Waals surface area contributed by atoms with Crippen molar-refractivity contribution in [1.29, 1.82) is 0 Å². The number of carbonyl (C=O) groups excluding carboxylic acids is 1. The number of carboxylic acid groups (broad SMARTS) is 1. The van der Waals surface area contributed by atoms with Gasteiger partial charge in [-0.2, -0.15) is 0 Å². The summed E-state index contributed by atoms with van der Waals surface area (Å²) in [5.74, 6) is -1.24. The number of hydrogen-bond donors (Lipinski definition) is 2. The maximum Gasteiger partial charge on any atom is 0.339 e. The van der Waals surface area contributed by atoms with Crippen molar-refractivity contribution in [3.05, 3.63) is 75.1 Å². The Morgan fingerprint density at radius 3 is 2.56 bits per heavy atom. The number of hydrogen-bond acceptors (Lipinski definition) is 5. The van der Waals surface area contributed by atoms with Crippen molar-refractivity contribution in [2.75, 3.05) is 0 Å². The minimum absolute atomic E-state index is 0.167. The standard InChI is InChI=1S/C25H25NO6/c1-14-21(12-11-18-17-9-6-10-19(17)25(30)32-22(14)18)31-15(2)23(27)26-20(24(28)29)13-16-7-4-3-5-8-16/h3-5,7-8,11-12,15,20H,6,9-10,13H2,1-2H3,(H,26,27)(H,28,29)/t15-,20+/m1/s1. The Balaban J connectivity index is 1.51. The van der Waals surface area contributed by atoms with E-state index >= 15 is 0 Å². The van der Waals surface area contributed by atoms with Crippen molar-refractivity contribution in [2.24, 2.45) is 0 Å². The van der Waals surface area contributed by atoms with E-state index in [0.717, 1.165) is 41.3 Å². The molecule has 0 unspecified atom stereocenters. The number of nitrogens with one attached hydrogen (secondary N) is 1. The first-order chi connectivity index (χ1) is 15.3. The topological polar surface area (TPSA) is 106 Å². The highest BCUT2D eigenvalue weighted by molar-refractivity contribution is 5.88. The fraction of sp³-hybridized carbons (Fsp3) is 0.320. The molecule has 1 heterocycles. The third-order valence-electron chi connectivity index (χ3n) is 5.91. The van der Waals surface area contributed by atoms with Crippen LogP contribution in [0.1, 0.15) is 35.6 Å². The first kappa shape index (κ1) is 21.6. The Hall–Kier alpha value is -3.61. The van der Waals surface area contributed by atoms with Gasteiger partial charge in [0.15, 0.2) is 6.10 Å². The van der Waals surface area contributed by atoms with Gasteiger partial charge in [0.05, 0.1) is 0 Å². The molecule has 4 rings (SSSR count). The fourth-order valence-corrected chi connectivity index (χ4v) is 4.17. The second-order valence-corrected chi connectivity index (χ2v) is 8.11. The van der Waals surface area contributed by atoms with E-state index < -0.39 is 24.0 Å². The molecule has 166 valence electrons. The van der Waals surface area contributed by atoms with Gasteiger partial charge in [-0.3, -0.25) is 4.79 Å². The fourth-order valence-electron chi connectivity index (χ4n) is 4.17. The number of ether oxygens (including phenoxy) is 1. The highest BCUT2D eigenvalue weighted by Gasteiger charge is 2.26. The van der Waals surface area contributed by atoms with Crippen LogP contribution in [0.3, 0.4) is 0 Å². The van der Waals surface area contributed by atoms with Crippen molar-refractivity contribution < 1.29 is 23.8 Å². The van der Waals surface area contributed by atoms with Crippen LogP contribution in [0.2, 0.25) is 0 Å². The highest BCUT2D eigenvalue weighted by Crippen LogP contribution is 2.33. The number of fused-ring (bicyclic) bond motifs is 3. The van der Waals surface area contributed by atoms with E-state index in [9.17, 15) is 19.5 Å². The Kier molecular flexibility index (Phi) is 5.99. The minimum Gasteiger partial charge on any atom is -0.480 e. The van der Waals surface area contributed by atoms with Crippen LogP contribution in [0.4, 0.5) is 0 Å². The van der Waals surface area contributed by atoms with Gasteiger partial charge >= 0.3 is 11.6 Å². The van der Waals surface area contributed by atoms with Crippen molar-refractivity contribution in [3.8, 4) is 5.75 Å². The molecule has 32 heavy (non-hydrogen) atoms. The normalized spacial score (nSPS) is 14.6. The van der Waals surface area contributed by atoms with Crippen LogP contribution in [0.5, 0.6) is 5.75 Å². The first-order valence-electron chi connectivity index (χ1n) is 10.7. The SMILES string of the molecule is Cc1c(O[C@H](C)C(=O)N[C@@H](Cc2ccccc2)C(=O)O)ccc2c3c(c(=O)oc12)CCC3. The number of carbonyl (C=O) groups is 2. The van der Waals surface area contributed by atoms with E-state index in [0.29, 0.717) is 16.9 Å². The van der Waals surface area contributed by atoms with Crippen LogP contribution < -0.4 is 15.7 Å². The monoisotopic (exact) mass is 435 g/mol. The lowest BCUT2D eigenvalue weighted by atomic mass is 10.0. The molecule has 1 aromatic heterocycles. The Morgan fingerprint density at radius 1 is 1.12 bits per heavy atom. The lowest BCUT2D eigenvalue weighted by Crippen LogP contribution is -2.47. The van der Waals surface area contributed by atoms with Crippen molar-refractivity contribution in [1.82, 2.24) is 5.32 Å². The molecule has 0 saturated heterocycles. The predicted octanol–water partition coefficient (Wildman–Crippen LogP) is 3.17. The molecule has 0 spiro atoms. The summed E-state index contributed by atoms with van der Waals surface area (Å²) in [5, 5.41) is 13.0. The number of amides is 1. The molecule has 0 fully saturated rings. The Labute approximate surface area is 185 Å². The number of aliphatic carboxylic acids is 1. The lowest BCUT2D eigenvalue weighted by molar-refractivity contribution is -0.142. The number of aryl methyl sites for hydroxylation is 2. The molecule has 0 saturated carbocycles. The molecule has 1 amide bonds. The highest BCUT2D eigenvalue weighted by atomic mass is 16.5. The molecule has 2 aromatic carbocycles. The van der Waals surface area contributed by atoms with E-state index in [4.69, 9.17) is 9.15 Å². The molecule has 2 atom stereocenters. The van der Waals surface area contributed by atoms with Gasteiger partial charge in [0.25, 0.3) is 5.91 Å². The van der Waals surface area contributed by atoms with Crippen LogP contribution >= 0.6 is 0 Å². The van der Waals surface area contributed by atoms with Crippen LogP contribution in [-0.2, 0) is 28.9 Å². The number of benzene rings is 2. The summed E-state index contributed by atoms with van der Waals surface area (Å²) in [6, 6.07) is 11.6. The van der Waals surface area contributed by atoms with Crippen molar-refractivity contribution >= 4 is 22.8 Å². The average Bonchev–Trinajstić information content (AvgIpc) is 3.27. The van der Waals surface area contributed by atoms with Gasteiger partial charge in [0, 0.05) is 22.9 Å². The smallest absolute Gasteiger partial charge is 0.339 e. The summed E-state index contributed by atoms with van der Waals surface area (Å²) in [4.78, 5) is 36.6. The Morgan fingerprint density at radius 2 is 1.84 bits per heavy atom. The van der Waals surface area contributed by atoms with Gasteiger partial charge in [0.1, 0.15) is 17.4 Å². The summed E-state index contributed by atoms with van der Waals surface area (Å²) < 4.78 is 11.4. The van der Waals surface area contributed by atoms with Crippen LogP contribution in [0, 0.1) is 6.92 Å². The van der Waals surface area contributed by atoms with Gasteiger partial charge in [-0.05, 0) is 56.4 Å². The van der Waals surface area contributed by atoms with Gasteiger partial charge < -0.3 is 19.6 Å². The average molecular weight is 435 g/mol. The minimum atomic E-state index is -1.12. The summed E-state index contributed by atoms with van der Waals surface area (Å²) in [7, 11) is 0. The molecule has 7 heteroatoms. The molecular formula is C25H25NO6. The van der Waals surface area contributed by atoms with E-state index in [-0.39, 0.29) is 12.0 Å². The zero-order valence-electron chi connectivity index (χ0n) is 18.0. The zero-order valence-corrected chi connectivity index (χ0v) is 18.0. The maximum atomic E-state index is 12.7. The molecule has 1 aliphatic carbocycles. The third-order valence-corrected chi connectivity index (χ3v) is 5.91. The van der Waals surface area contributed by atoms with Crippen molar-refractivity contribution in [2.45, 2.75) is 51.7 Å². The van der Waals surface area contributed by atoms with Crippen molar-refractivity contribution in [3.63, 3.8) is 0 Å². The van der Waals surface area contributed by atoms with E-state index in [1.165, 1.54) is 0 Å². The van der Waals surface area contributed by atoms with Crippen LogP contribution in [-0.4, -0.2) is 29.1 Å². The maximum absolute atomic E-state index is 12.7. The molecular weight excluding hydrogens is 410 g/mol. The third kappa shape index (κ3) is 4.23. The number of carboxylic acids is 1. The second kappa shape index (κ2) is 8.86. The predicted molar refractivity (Wildman–Crippen MR) is 119 cm³/mol. The summed E-state index contributed by atoms with van der Waals surface area (Å²) >= 11 is 0. The quantitative estimate of drug-likeness (QED) is 0.552. The molecule has 1 aliphatic rings. The van der Waals surface area contributed by atoms with Gasteiger partial charge in [-0.25, -0.2) is 9.59 Å². The van der Waals surface area contributed by atoms with Gasteiger partial charge in [0.2, 0.25) is 0 Å². The van der Waals surface area contributed by atoms with E-state index in [1.807, 2.05) is 36.4 Å². The first-order valence-corrected chi connectivity index (χ1v) is 10.7. The summed E-state index contributed by atoms with van der Waals surface area (Å²) in [6.45, 7) is 3.33. The molecule has 3 aromatic rings. The Bertz CT molecular complexity index is 1230. The summed E-state index contributed by atoms with van der Waals surface area (Å²) in [5.41, 5.74) is 3.36. The van der Waals surface area contributed by atoms with Crippen LogP contribution in [0.25, 0.3) is 11.0 Å². The molecule has 0 bridgehead atoms. The lowest BCUT2D eigenvalue weighted by Gasteiger charge is -2.20. The molecule has 2 N–H and O–H groups in total. The van der Waals surface area contributed by atoms with Crippen LogP contribution in [0.15, 0.2) is 51.7 Å². The van der Waals surface area contributed by atoms with E-state index in [1.54, 1.807) is 19.9 Å². The second-order valence-electron chi connectivity index (χ2n) is 8.11. The van der Waals surface area contributed by atoms with Gasteiger partial charge in [-0.15, -0.1) is 0 Å². The molecule has 0 aliphatic heterocycles. The molecule has 0 radical (unpaired) electrons. The van der Waals surface area contributed by atoms with E-state index in [2.05, 4.69) is 5.32 Å². The largest absolute Gasteiger partial charge is 0.480 e. The summed E-state index contributed by atoms with van der Waals surface area (Å²) in [6.07, 6.45) is 1.73. The zero-order chi connectivity index (χ0) is 22.8. The number of rotatable bonds is 7. The van der Waals surface area contributed by atoms with Gasteiger partial charge in [-0.1, -0.05) is 30.3 Å².